The lowest BCUT2D eigenvalue weighted by atomic mass is 10.7. The lowest BCUT2D eigenvalue weighted by molar-refractivity contribution is -0.146. The maximum Gasteiger partial charge on any atom is 0.331 e. The molecule has 0 aromatic carbocycles. The largest absolute Gasteiger partial charge is 0.467 e. The molecule has 0 aromatic heterocycles. The first-order chi connectivity index (χ1) is 8.66. The lowest BCUT2D eigenvalue weighted by Gasteiger charge is -2.06. The molecule has 0 saturated carbocycles. The fourth-order valence-corrected chi connectivity index (χ4v) is 0.899. The summed E-state index contributed by atoms with van der Waals surface area (Å²) in [5.41, 5.74) is 0. The van der Waals surface area contributed by atoms with Crippen molar-refractivity contribution in [2.45, 2.75) is 6.92 Å². The first kappa shape index (κ1) is 16.8. The van der Waals surface area contributed by atoms with Crippen LogP contribution < -0.4 is 0 Å². The molecule has 0 aromatic rings. The summed E-state index contributed by atoms with van der Waals surface area (Å²) in [6.07, 6.45) is 0. The molecule has 0 amide bonds. The van der Waals surface area contributed by atoms with E-state index in [9.17, 15) is 9.59 Å². The number of esters is 2. The van der Waals surface area contributed by atoms with Crippen LogP contribution >= 0.6 is 0 Å². The standard InChI is InChI=1S/C11H20O7/c1-10(12)18-8-7-16-4-3-15-5-6-17-9-11(13)14-2/h3-9H2,1-2H3. The molecule has 0 bridgehead atoms. The fraction of sp³-hybridized carbons (Fsp3) is 0.818. The van der Waals surface area contributed by atoms with Gasteiger partial charge in [-0.3, -0.25) is 4.79 Å². The molecule has 106 valence electrons. The minimum Gasteiger partial charge on any atom is -0.467 e. The maximum absolute atomic E-state index is 10.7. The Morgan fingerprint density at radius 1 is 0.833 bits per heavy atom. The summed E-state index contributed by atoms with van der Waals surface area (Å²) in [4.78, 5) is 21.1. The van der Waals surface area contributed by atoms with Crippen LogP contribution in [0.2, 0.25) is 0 Å². The van der Waals surface area contributed by atoms with E-state index in [1.807, 2.05) is 0 Å². The molecule has 0 N–H and O–H groups in total. The highest BCUT2D eigenvalue weighted by Crippen LogP contribution is 1.83. The van der Waals surface area contributed by atoms with Crippen LogP contribution in [0.5, 0.6) is 0 Å². The molecule has 7 heteroatoms. The van der Waals surface area contributed by atoms with E-state index in [1.54, 1.807) is 0 Å². The Kier molecular flexibility index (Phi) is 11.5. The number of hydrogen-bond donors (Lipinski definition) is 0. The molecule has 0 aliphatic carbocycles. The lowest BCUT2D eigenvalue weighted by Crippen LogP contribution is -2.15. The van der Waals surface area contributed by atoms with E-state index in [0.29, 0.717) is 33.0 Å². The van der Waals surface area contributed by atoms with Crippen molar-refractivity contribution in [2.24, 2.45) is 0 Å². The first-order valence-corrected chi connectivity index (χ1v) is 5.60. The van der Waals surface area contributed by atoms with Gasteiger partial charge >= 0.3 is 11.9 Å². The molecule has 18 heavy (non-hydrogen) atoms. The first-order valence-electron chi connectivity index (χ1n) is 5.60. The zero-order valence-electron chi connectivity index (χ0n) is 10.8. The highest BCUT2D eigenvalue weighted by Gasteiger charge is 1.98. The van der Waals surface area contributed by atoms with Crippen molar-refractivity contribution in [3.63, 3.8) is 0 Å². The van der Waals surface area contributed by atoms with Gasteiger partial charge in [-0.15, -0.1) is 0 Å². The Morgan fingerprint density at radius 2 is 1.33 bits per heavy atom. The second-order valence-corrected chi connectivity index (χ2v) is 3.19. The summed E-state index contributed by atoms with van der Waals surface area (Å²) in [7, 11) is 1.30. The summed E-state index contributed by atoms with van der Waals surface area (Å²) in [6, 6.07) is 0. The van der Waals surface area contributed by atoms with E-state index in [0.717, 1.165) is 0 Å². The normalized spacial score (nSPS) is 10.1. The third-order valence-electron chi connectivity index (χ3n) is 1.72. The molecule has 0 saturated heterocycles. The van der Waals surface area contributed by atoms with Crippen LogP contribution in [0, 0.1) is 0 Å². The Balaban J connectivity index is 3.03. The van der Waals surface area contributed by atoms with Crippen LogP contribution in [0.15, 0.2) is 0 Å². The molecule has 0 spiro atoms. The number of carbonyl (C=O) groups excluding carboxylic acids is 2. The molecule has 0 unspecified atom stereocenters. The van der Waals surface area contributed by atoms with Crippen molar-refractivity contribution in [1.29, 1.82) is 0 Å². The van der Waals surface area contributed by atoms with Gasteiger partial charge < -0.3 is 23.7 Å². The van der Waals surface area contributed by atoms with Gasteiger partial charge in [0.2, 0.25) is 0 Å². The SMILES string of the molecule is COC(=O)COCCOCCOCCOC(C)=O. The topological polar surface area (TPSA) is 80.3 Å². The highest BCUT2D eigenvalue weighted by atomic mass is 16.6. The molecular weight excluding hydrogens is 244 g/mol. The summed E-state index contributed by atoms with van der Waals surface area (Å²) in [5.74, 6) is -0.735. The number of ether oxygens (including phenoxy) is 5. The van der Waals surface area contributed by atoms with E-state index in [1.165, 1.54) is 14.0 Å². The Labute approximate surface area is 106 Å². The van der Waals surface area contributed by atoms with Gasteiger partial charge in [0.15, 0.2) is 0 Å². The second-order valence-electron chi connectivity index (χ2n) is 3.19. The minimum absolute atomic E-state index is 0.0707. The fourth-order valence-electron chi connectivity index (χ4n) is 0.899. The molecule has 0 atom stereocenters. The third kappa shape index (κ3) is 12.9. The van der Waals surface area contributed by atoms with Crippen LogP contribution in [0.4, 0.5) is 0 Å². The molecule has 0 radical (unpaired) electrons. The minimum atomic E-state index is -0.413. The van der Waals surface area contributed by atoms with Gasteiger partial charge in [0.1, 0.15) is 13.2 Å². The van der Waals surface area contributed by atoms with Crippen LogP contribution in [0.1, 0.15) is 6.92 Å². The number of methoxy groups -OCH3 is 1. The third-order valence-corrected chi connectivity index (χ3v) is 1.72. The van der Waals surface area contributed by atoms with Gasteiger partial charge in [-0.1, -0.05) is 0 Å². The zero-order chi connectivity index (χ0) is 13.6. The number of rotatable bonds is 11. The zero-order valence-corrected chi connectivity index (χ0v) is 10.8. The smallest absolute Gasteiger partial charge is 0.331 e. The van der Waals surface area contributed by atoms with E-state index in [-0.39, 0.29) is 19.2 Å². The van der Waals surface area contributed by atoms with Crippen molar-refractivity contribution in [2.75, 3.05) is 53.4 Å². The van der Waals surface area contributed by atoms with Crippen molar-refractivity contribution < 1.29 is 33.3 Å². The average molecular weight is 264 g/mol. The number of carbonyl (C=O) groups is 2. The monoisotopic (exact) mass is 264 g/mol. The molecule has 0 rings (SSSR count). The van der Waals surface area contributed by atoms with Crippen molar-refractivity contribution in [3.8, 4) is 0 Å². The molecule has 0 aliphatic rings. The Hall–Kier alpha value is -1.18. The molecule has 0 aliphatic heterocycles. The predicted molar refractivity (Wildman–Crippen MR) is 61.1 cm³/mol. The average Bonchev–Trinajstić information content (AvgIpc) is 2.35. The molecule has 0 fully saturated rings. The summed E-state index contributed by atoms with van der Waals surface area (Å²) in [5, 5.41) is 0. The summed E-state index contributed by atoms with van der Waals surface area (Å²) >= 11 is 0. The predicted octanol–water partition coefficient (Wildman–Crippen LogP) is -0.228. The molecule has 0 heterocycles. The van der Waals surface area contributed by atoms with Gasteiger partial charge in [0.05, 0.1) is 40.1 Å². The molecular formula is C11H20O7. The second kappa shape index (κ2) is 12.3. The van der Waals surface area contributed by atoms with Crippen LogP contribution in [0.3, 0.4) is 0 Å². The maximum atomic E-state index is 10.7. The summed E-state index contributed by atoms with van der Waals surface area (Å²) < 4.78 is 24.3. The van der Waals surface area contributed by atoms with Crippen LogP contribution in [0.25, 0.3) is 0 Å². The quantitative estimate of drug-likeness (QED) is 0.377. The van der Waals surface area contributed by atoms with Crippen molar-refractivity contribution >= 4 is 11.9 Å². The van der Waals surface area contributed by atoms with E-state index in [2.05, 4.69) is 9.47 Å². The van der Waals surface area contributed by atoms with Gasteiger partial charge in [-0.25, -0.2) is 4.79 Å². The Bertz CT molecular complexity index is 229. The van der Waals surface area contributed by atoms with Gasteiger partial charge in [-0.2, -0.15) is 0 Å². The van der Waals surface area contributed by atoms with Gasteiger partial charge in [0, 0.05) is 6.92 Å². The summed E-state index contributed by atoms with van der Waals surface area (Å²) in [6.45, 7) is 3.41. The van der Waals surface area contributed by atoms with E-state index < -0.39 is 5.97 Å². The molecule has 7 nitrogen and oxygen atoms in total. The van der Waals surface area contributed by atoms with Crippen LogP contribution in [-0.4, -0.2) is 65.3 Å². The Morgan fingerprint density at radius 3 is 1.83 bits per heavy atom. The van der Waals surface area contributed by atoms with E-state index in [4.69, 9.17) is 14.2 Å². The van der Waals surface area contributed by atoms with Gasteiger partial charge in [-0.05, 0) is 0 Å². The highest BCUT2D eigenvalue weighted by molar-refractivity contribution is 5.70. The van der Waals surface area contributed by atoms with Gasteiger partial charge in [0.25, 0.3) is 0 Å². The van der Waals surface area contributed by atoms with E-state index >= 15 is 0 Å². The van der Waals surface area contributed by atoms with Crippen LogP contribution in [-0.2, 0) is 33.3 Å². The number of hydrogen-bond acceptors (Lipinski definition) is 7. The van der Waals surface area contributed by atoms with Crippen molar-refractivity contribution in [1.82, 2.24) is 0 Å². The van der Waals surface area contributed by atoms with Crippen molar-refractivity contribution in [3.05, 3.63) is 0 Å².